The summed E-state index contributed by atoms with van der Waals surface area (Å²) < 4.78 is 0. The molecule has 6 nitrogen and oxygen atoms in total. The van der Waals surface area contributed by atoms with E-state index >= 15 is 0 Å². The summed E-state index contributed by atoms with van der Waals surface area (Å²) in [4.78, 5) is 52.9. The molecule has 1 aliphatic carbocycles. The molecule has 1 aliphatic heterocycles. The van der Waals surface area contributed by atoms with E-state index in [0.717, 1.165) is 0 Å². The first kappa shape index (κ1) is 21.6. The molecule has 166 valence electrons. The lowest BCUT2D eigenvalue weighted by Gasteiger charge is -2.36. The number of halogens is 1. The van der Waals surface area contributed by atoms with Crippen LogP contribution < -0.4 is 10.6 Å². The minimum absolute atomic E-state index is 0.187. The molecule has 5 rings (SSSR count). The fourth-order valence-electron chi connectivity index (χ4n) is 4.49. The number of amides is 4. The van der Waals surface area contributed by atoms with Crippen LogP contribution in [0.1, 0.15) is 21.5 Å². The average Bonchev–Trinajstić information content (AvgIpc) is 3.21. The third-order valence-electron chi connectivity index (χ3n) is 5.97. The maximum atomic E-state index is 13.7. The van der Waals surface area contributed by atoms with E-state index < -0.39 is 23.3 Å². The number of Topliss-reactive ketones (excluding diaryl/α,β-unsaturated/α-hetero) is 1. The summed E-state index contributed by atoms with van der Waals surface area (Å²) in [6.07, 6.45) is 1.57. The summed E-state index contributed by atoms with van der Waals surface area (Å²) in [6.45, 7) is 0. The van der Waals surface area contributed by atoms with Crippen LogP contribution in [-0.2, 0) is 9.59 Å². The number of hydrogen-bond acceptors (Lipinski definition) is 4. The molecule has 0 unspecified atom stereocenters. The van der Waals surface area contributed by atoms with Crippen LogP contribution in [0, 0.1) is 5.41 Å². The molecule has 1 spiro atoms. The average molecular weight is 469 g/mol. The van der Waals surface area contributed by atoms with E-state index in [4.69, 9.17) is 11.6 Å². The molecule has 0 atom stereocenters. The van der Waals surface area contributed by atoms with E-state index in [9.17, 15) is 19.2 Å². The van der Waals surface area contributed by atoms with Crippen molar-refractivity contribution in [3.63, 3.8) is 0 Å². The molecule has 1 heterocycles. The van der Waals surface area contributed by atoms with Crippen LogP contribution in [0.2, 0.25) is 5.02 Å². The van der Waals surface area contributed by atoms with Gasteiger partial charge in [-0.3, -0.25) is 25.0 Å². The van der Waals surface area contributed by atoms with Crippen LogP contribution in [-0.4, -0.2) is 23.6 Å². The van der Waals surface area contributed by atoms with Crippen molar-refractivity contribution in [2.45, 2.75) is 0 Å². The first-order chi connectivity index (χ1) is 16.4. The highest BCUT2D eigenvalue weighted by molar-refractivity contribution is 6.37. The molecule has 34 heavy (non-hydrogen) atoms. The number of imide groups is 2. The fourth-order valence-corrected chi connectivity index (χ4v) is 4.62. The number of rotatable bonds is 4. The Morgan fingerprint density at radius 3 is 1.85 bits per heavy atom. The predicted octanol–water partition coefficient (Wildman–Crippen LogP) is 4.43. The van der Waals surface area contributed by atoms with Crippen molar-refractivity contribution in [1.29, 1.82) is 0 Å². The highest BCUT2D eigenvalue weighted by Crippen LogP contribution is 2.54. The molecule has 1 fully saturated rings. The molecule has 0 aromatic heterocycles. The molecule has 2 N–H and O–H groups in total. The Bertz CT molecular complexity index is 1390. The molecule has 0 saturated carbocycles. The number of hydrogen-bond donors (Lipinski definition) is 2. The maximum Gasteiger partial charge on any atom is 0.328 e. The van der Waals surface area contributed by atoms with Gasteiger partial charge in [-0.05, 0) is 40.5 Å². The Hall–Kier alpha value is -4.29. The van der Waals surface area contributed by atoms with Crippen LogP contribution in [0.15, 0.2) is 96.6 Å². The van der Waals surface area contributed by atoms with Crippen molar-refractivity contribution in [3.05, 3.63) is 118 Å². The number of urea groups is 1. The highest BCUT2D eigenvalue weighted by atomic mass is 35.5. The Kier molecular flexibility index (Phi) is 5.23. The fraction of sp³-hybridized carbons (Fsp3) is 0.0370. The molecule has 4 amide bonds. The zero-order valence-corrected chi connectivity index (χ0v) is 18.4. The summed E-state index contributed by atoms with van der Waals surface area (Å²) in [5.74, 6) is -2.00. The standard InChI is InChI=1S/C27H17ClN2O4/c28-19-13-11-17(12-14-19)22-20(23(31)18-9-5-2-6-10-18)15-21(16-7-3-1-4-8-16)27(22)24(32)29-26(34)30-25(27)33/h1-15H,(H2,29,30,32,33,34). The van der Waals surface area contributed by atoms with E-state index in [-0.39, 0.29) is 16.9 Å². The lowest BCUT2D eigenvalue weighted by atomic mass is 9.69. The molecule has 2 aliphatic rings. The number of nitrogens with one attached hydrogen (secondary N) is 2. The third kappa shape index (κ3) is 3.27. The van der Waals surface area contributed by atoms with Gasteiger partial charge < -0.3 is 0 Å². The van der Waals surface area contributed by atoms with Crippen LogP contribution >= 0.6 is 11.6 Å². The molecule has 0 bridgehead atoms. The second kappa shape index (κ2) is 8.24. The van der Waals surface area contributed by atoms with E-state index in [1.807, 2.05) is 0 Å². The molecule has 0 radical (unpaired) electrons. The number of benzene rings is 3. The first-order valence-electron chi connectivity index (χ1n) is 10.5. The zero-order valence-electron chi connectivity index (χ0n) is 17.7. The van der Waals surface area contributed by atoms with Gasteiger partial charge in [0.25, 0.3) is 11.8 Å². The summed E-state index contributed by atoms with van der Waals surface area (Å²) in [5.41, 5.74) is 0.168. The van der Waals surface area contributed by atoms with Gasteiger partial charge >= 0.3 is 6.03 Å². The summed E-state index contributed by atoms with van der Waals surface area (Å²) in [6, 6.07) is 23.1. The Balaban J connectivity index is 1.85. The summed E-state index contributed by atoms with van der Waals surface area (Å²) >= 11 is 6.09. The highest BCUT2D eigenvalue weighted by Gasteiger charge is 2.60. The normalized spacial score (nSPS) is 16.9. The lowest BCUT2D eigenvalue weighted by Crippen LogP contribution is -2.62. The van der Waals surface area contributed by atoms with Crippen LogP contribution in [0.5, 0.6) is 0 Å². The van der Waals surface area contributed by atoms with Gasteiger partial charge in [0.05, 0.1) is 0 Å². The number of carbonyl (C=O) groups excluding carboxylic acids is 4. The van der Waals surface area contributed by atoms with Gasteiger partial charge in [-0.1, -0.05) is 84.4 Å². The van der Waals surface area contributed by atoms with Crippen molar-refractivity contribution in [1.82, 2.24) is 10.6 Å². The van der Waals surface area contributed by atoms with E-state index in [2.05, 4.69) is 10.6 Å². The quantitative estimate of drug-likeness (QED) is 0.437. The van der Waals surface area contributed by atoms with Gasteiger partial charge in [-0.25, -0.2) is 4.79 Å². The van der Waals surface area contributed by atoms with Crippen molar-refractivity contribution in [2.24, 2.45) is 5.41 Å². The maximum absolute atomic E-state index is 13.7. The molecular weight excluding hydrogens is 452 g/mol. The monoisotopic (exact) mass is 468 g/mol. The number of barbiturate groups is 1. The Morgan fingerprint density at radius 2 is 1.26 bits per heavy atom. The van der Waals surface area contributed by atoms with E-state index in [1.54, 1.807) is 91.0 Å². The first-order valence-corrected chi connectivity index (χ1v) is 10.9. The van der Waals surface area contributed by atoms with Gasteiger partial charge in [0, 0.05) is 16.2 Å². The Labute approximate surface area is 199 Å². The van der Waals surface area contributed by atoms with Gasteiger partial charge in [-0.2, -0.15) is 0 Å². The van der Waals surface area contributed by atoms with Crippen molar-refractivity contribution in [2.75, 3.05) is 0 Å². The number of allylic oxidation sites excluding steroid dienone is 2. The van der Waals surface area contributed by atoms with Gasteiger partial charge in [0.15, 0.2) is 11.2 Å². The van der Waals surface area contributed by atoms with Crippen molar-refractivity contribution < 1.29 is 19.2 Å². The van der Waals surface area contributed by atoms with Crippen molar-refractivity contribution >= 4 is 46.4 Å². The van der Waals surface area contributed by atoms with Crippen molar-refractivity contribution in [3.8, 4) is 0 Å². The van der Waals surface area contributed by atoms with Crippen LogP contribution in [0.25, 0.3) is 11.1 Å². The molecule has 1 saturated heterocycles. The van der Waals surface area contributed by atoms with Crippen LogP contribution in [0.4, 0.5) is 4.79 Å². The molecule has 3 aromatic rings. The lowest BCUT2D eigenvalue weighted by molar-refractivity contribution is -0.136. The topological polar surface area (TPSA) is 92.3 Å². The van der Waals surface area contributed by atoms with Gasteiger partial charge in [0.1, 0.15) is 0 Å². The van der Waals surface area contributed by atoms with Crippen LogP contribution in [0.3, 0.4) is 0 Å². The zero-order chi connectivity index (χ0) is 23.9. The molecular formula is C27H17ClN2O4. The molecule has 3 aromatic carbocycles. The SMILES string of the molecule is O=C1NC(=O)C2(C(=O)N1)C(c1ccccc1)=CC(C(=O)c1ccccc1)=C2c1ccc(Cl)cc1. The molecule has 7 heteroatoms. The smallest absolute Gasteiger partial charge is 0.289 e. The van der Waals surface area contributed by atoms with Gasteiger partial charge in [0.2, 0.25) is 0 Å². The third-order valence-corrected chi connectivity index (χ3v) is 6.22. The minimum Gasteiger partial charge on any atom is -0.289 e. The summed E-state index contributed by atoms with van der Waals surface area (Å²) in [5, 5.41) is 4.92. The largest absolute Gasteiger partial charge is 0.328 e. The summed E-state index contributed by atoms with van der Waals surface area (Å²) in [7, 11) is 0. The number of carbonyl (C=O) groups is 4. The predicted molar refractivity (Wildman–Crippen MR) is 128 cm³/mol. The van der Waals surface area contributed by atoms with Gasteiger partial charge in [-0.15, -0.1) is 0 Å². The van der Waals surface area contributed by atoms with E-state index in [0.29, 0.717) is 27.3 Å². The second-order valence-electron chi connectivity index (χ2n) is 7.90. The number of ketones is 1. The second-order valence-corrected chi connectivity index (χ2v) is 8.34. The Morgan fingerprint density at radius 1 is 0.706 bits per heavy atom. The minimum atomic E-state index is -1.96. The van der Waals surface area contributed by atoms with E-state index in [1.165, 1.54) is 0 Å².